The van der Waals surface area contributed by atoms with Gasteiger partial charge in [-0.3, -0.25) is 4.90 Å². The van der Waals surface area contributed by atoms with Crippen LogP contribution in [-0.2, 0) is 4.74 Å². The lowest BCUT2D eigenvalue weighted by atomic mass is 9.89. The van der Waals surface area contributed by atoms with Crippen LogP contribution in [0.15, 0.2) is 47.6 Å². The molecule has 1 saturated heterocycles. The highest BCUT2D eigenvalue weighted by Gasteiger charge is 2.32. The second-order valence-electron chi connectivity index (χ2n) is 7.40. The molecule has 3 rings (SSSR count). The molecule has 0 N–H and O–H groups in total. The van der Waals surface area contributed by atoms with Gasteiger partial charge in [-0.05, 0) is 69.8 Å². The number of allylic oxidation sites excluding steroid dienone is 3. The van der Waals surface area contributed by atoms with Gasteiger partial charge in [0.15, 0.2) is 0 Å². The van der Waals surface area contributed by atoms with Crippen LogP contribution in [-0.4, -0.2) is 44.6 Å². The maximum atomic E-state index is 6.34. The summed E-state index contributed by atoms with van der Waals surface area (Å²) in [6, 6.07) is 8.31. The van der Waals surface area contributed by atoms with Gasteiger partial charge in [-0.1, -0.05) is 23.7 Å². The van der Waals surface area contributed by atoms with E-state index in [0.29, 0.717) is 6.61 Å². The molecule has 1 aromatic carbocycles. The molecule has 1 fully saturated rings. The summed E-state index contributed by atoms with van der Waals surface area (Å²) in [6.07, 6.45) is 8.40. The second-order valence-corrected chi connectivity index (χ2v) is 7.40. The Hall–Kier alpha value is -1.68. The lowest BCUT2D eigenvalue weighted by molar-refractivity contribution is -0.000599. The number of aryl methyl sites for hydroxylation is 1. The Kier molecular flexibility index (Phi) is 5.90. The third-order valence-corrected chi connectivity index (χ3v) is 4.90. The van der Waals surface area contributed by atoms with Crippen molar-refractivity contribution in [1.29, 1.82) is 0 Å². The van der Waals surface area contributed by atoms with E-state index in [1.807, 2.05) is 12.1 Å². The van der Waals surface area contributed by atoms with Crippen LogP contribution in [0.2, 0.25) is 0 Å². The van der Waals surface area contributed by atoms with Crippen molar-refractivity contribution < 1.29 is 9.47 Å². The topological polar surface area (TPSA) is 21.7 Å². The van der Waals surface area contributed by atoms with E-state index < -0.39 is 0 Å². The summed E-state index contributed by atoms with van der Waals surface area (Å²) in [5.41, 5.74) is 1.86. The predicted molar refractivity (Wildman–Crippen MR) is 103 cm³/mol. The van der Waals surface area contributed by atoms with Crippen LogP contribution in [0.5, 0.6) is 5.75 Å². The first-order valence-electron chi connectivity index (χ1n) is 9.31. The number of benzene rings is 1. The average Bonchev–Trinajstić information content (AvgIpc) is 2.56. The minimum Gasteiger partial charge on any atom is -0.493 e. The molecule has 2 radical (unpaired) electrons. The van der Waals surface area contributed by atoms with E-state index in [4.69, 9.17) is 17.3 Å². The van der Waals surface area contributed by atoms with Crippen LogP contribution in [0.3, 0.4) is 0 Å². The first kappa shape index (κ1) is 18.1. The molecule has 2 aliphatic rings. The zero-order valence-electron chi connectivity index (χ0n) is 15.5. The van der Waals surface area contributed by atoms with E-state index in [2.05, 4.69) is 43.0 Å². The lowest BCUT2D eigenvalue weighted by Crippen LogP contribution is -2.50. The second kappa shape index (κ2) is 8.14. The Morgan fingerprint density at radius 1 is 1.24 bits per heavy atom. The fraction of sp³-hybridized carbons (Fsp3) is 0.524. The van der Waals surface area contributed by atoms with Gasteiger partial charge in [-0.15, -0.1) is 0 Å². The standard InChI is InChI=1S/C21H28BNO2/c1-17-7-5-8-18(15-17)25-21(2)11-6-12-23(16-21)13-14-24-20-10-4-3-9-19(20)22/h5,7-10,15H,3-4,6,11-14,16H2,1-2H3. The smallest absolute Gasteiger partial charge is 0.120 e. The number of hydrogen-bond acceptors (Lipinski definition) is 3. The SMILES string of the molecule is [B]C1=CCCC=C1OCCN1CCCC(C)(Oc2cccc(C)c2)C1. The Morgan fingerprint density at radius 3 is 2.88 bits per heavy atom. The molecule has 25 heavy (non-hydrogen) atoms. The summed E-state index contributed by atoms with van der Waals surface area (Å²) in [5.74, 6) is 1.81. The van der Waals surface area contributed by atoms with E-state index in [1.165, 1.54) is 5.56 Å². The van der Waals surface area contributed by atoms with Crippen LogP contribution in [0, 0.1) is 6.92 Å². The van der Waals surface area contributed by atoms with Gasteiger partial charge in [-0.2, -0.15) is 0 Å². The van der Waals surface area contributed by atoms with Crippen molar-refractivity contribution in [3.8, 4) is 5.75 Å². The van der Waals surface area contributed by atoms with Crippen molar-refractivity contribution in [3.63, 3.8) is 0 Å². The van der Waals surface area contributed by atoms with Gasteiger partial charge in [0.2, 0.25) is 0 Å². The quantitative estimate of drug-likeness (QED) is 0.733. The van der Waals surface area contributed by atoms with E-state index >= 15 is 0 Å². The molecule has 1 aliphatic heterocycles. The van der Waals surface area contributed by atoms with Gasteiger partial charge in [0.1, 0.15) is 31.6 Å². The molecular weight excluding hydrogens is 309 g/mol. The van der Waals surface area contributed by atoms with E-state index in [-0.39, 0.29) is 5.60 Å². The molecule has 1 unspecified atom stereocenters. The van der Waals surface area contributed by atoms with Crippen molar-refractivity contribution in [3.05, 3.63) is 53.2 Å². The van der Waals surface area contributed by atoms with Crippen molar-refractivity contribution in [2.45, 2.75) is 45.1 Å². The predicted octanol–water partition coefficient (Wildman–Crippen LogP) is 3.98. The van der Waals surface area contributed by atoms with Crippen LogP contribution < -0.4 is 4.74 Å². The molecule has 0 spiro atoms. The van der Waals surface area contributed by atoms with Crippen LogP contribution >= 0.6 is 0 Å². The van der Waals surface area contributed by atoms with Crippen LogP contribution in [0.25, 0.3) is 0 Å². The first-order valence-corrected chi connectivity index (χ1v) is 9.31. The molecule has 4 heteroatoms. The van der Waals surface area contributed by atoms with E-state index in [9.17, 15) is 0 Å². The minimum absolute atomic E-state index is 0.144. The fourth-order valence-electron chi connectivity index (χ4n) is 3.64. The van der Waals surface area contributed by atoms with Crippen molar-refractivity contribution >= 4 is 7.85 Å². The Morgan fingerprint density at radius 2 is 2.08 bits per heavy atom. The lowest BCUT2D eigenvalue weighted by Gasteiger charge is -2.40. The summed E-state index contributed by atoms with van der Waals surface area (Å²) < 4.78 is 12.2. The molecule has 3 nitrogen and oxygen atoms in total. The highest BCUT2D eigenvalue weighted by molar-refractivity contribution is 6.24. The van der Waals surface area contributed by atoms with Crippen molar-refractivity contribution in [2.75, 3.05) is 26.2 Å². The molecule has 1 atom stereocenters. The Bertz CT molecular complexity index is 655. The largest absolute Gasteiger partial charge is 0.493 e. The molecule has 132 valence electrons. The normalized spacial score (nSPS) is 24.4. The maximum Gasteiger partial charge on any atom is 0.120 e. The third-order valence-electron chi connectivity index (χ3n) is 4.90. The average molecular weight is 337 g/mol. The molecule has 1 aliphatic carbocycles. The third kappa shape index (κ3) is 5.15. The Labute approximate surface area is 153 Å². The number of likely N-dealkylation sites (tertiary alicyclic amines) is 1. The summed E-state index contributed by atoms with van der Waals surface area (Å²) in [7, 11) is 5.97. The number of rotatable bonds is 6. The number of ether oxygens (including phenoxy) is 2. The molecule has 0 bridgehead atoms. The van der Waals surface area contributed by atoms with Gasteiger partial charge < -0.3 is 9.47 Å². The monoisotopic (exact) mass is 337 g/mol. The molecule has 0 saturated carbocycles. The fourth-order valence-corrected chi connectivity index (χ4v) is 3.64. The van der Waals surface area contributed by atoms with Gasteiger partial charge in [-0.25, -0.2) is 0 Å². The first-order chi connectivity index (χ1) is 12.0. The number of hydrogen-bond donors (Lipinski definition) is 0. The molecule has 1 aromatic rings. The number of piperidine rings is 1. The van der Waals surface area contributed by atoms with Gasteiger partial charge in [0.25, 0.3) is 0 Å². The van der Waals surface area contributed by atoms with Gasteiger partial charge in [0, 0.05) is 13.1 Å². The van der Waals surface area contributed by atoms with E-state index in [0.717, 1.165) is 62.3 Å². The molecule has 1 heterocycles. The van der Waals surface area contributed by atoms with Crippen molar-refractivity contribution in [2.24, 2.45) is 0 Å². The molecule has 0 amide bonds. The number of nitrogens with zero attached hydrogens (tertiary/aromatic N) is 1. The summed E-state index contributed by atoms with van der Waals surface area (Å²) in [5, 5.41) is 0. The summed E-state index contributed by atoms with van der Waals surface area (Å²) >= 11 is 0. The highest BCUT2D eigenvalue weighted by Crippen LogP contribution is 2.28. The summed E-state index contributed by atoms with van der Waals surface area (Å²) in [4.78, 5) is 2.43. The Balaban J connectivity index is 1.50. The van der Waals surface area contributed by atoms with E-state index in [1.54, 1.807) is 0 Å². The van der Waals surface area contributed by atoms with Gasteiger partial charge >= 0.3 is 0 Å². The highest BCUT2D eigenvalue weighted by atomic mass is 16.5. The van der Waals surface area contributed by atoms with Crippen molar-refractivity contribution in [1.82, 2.24) is 4.90 Å². The summed E-state index contributed by atoms with van der Waals surface area (Å²) in [6.45, 7) is 7.90. The van der Waals surface area contributed by atoms with Crippen LogP contribution in [0.4, 0.5) is 0 Å². The zero-order valence-corrected chi connectivity index (χ0v) is 15.5. The van der Waals surface area contributed by atoms with Gasteiger partial charge in [0.05, 0.1) is 0 Å². The van der Waals surface area contributed by atoms with Crippen LogP contribution in [0.1, 0.15) is 38.2 Å². The maximum absolute atomic E-state index is 6.34. The zero-order chi connectivity index (χ0) is 17.7. The molecular formula is C21H28BNO2. The molecule has 0 aromatic heterocycles. The minimum atomic E-state index is -0.144.